The van der Waals surface area contributed by atoms with E-state index in [1.807, 2.05) is 24.3 Å². The fourth-order valence-corrected chi connectivity index (χ4v) is 2.87. The molecule has 3 aliphatic rings. The fraction of sp³-hybridized carbons (Fsp3) is 0.0625. The van der Waals surface area contributed by atoms with Crippen LogP contribution in [0.1, 0.15) is 0 Å². The zero-order valence-electron chi connectivity index (χ0n) is 11.5. The molecule has 3 heterocycles. The number of benzene rings is 1. The van der Waals surface area contributed by atoms with Crippen LogP contribution in [0, 0.1) is 0 Å². The molecule has 6 heteroatoms. The van der Waals surface area contributed by atoms with Crippen LogP contribution in [0.5, 0.6) is 11.5 Å². The van der Waals surface area contributed by atoms with Gasteiger partial charge in [-0.25, -0.2) is 0 Å². The molecule has 108 valence electrons. The van der Waals surface area contributed by atoms with Crippen LogP contribution in [0.3, 0.4) is 0 Å². The van der Waals surface area contributed by atoms with E-state index in [0.29, 0.717) is 0 Å². The van der Waals surface area contributed by atoms with Gasteiger partial charge in [-0.05, 0) is 35.7 Å². The number of nitrogens with zero attached hydrogens (tertiary/aromatic N) is 1. The molecule has 0 bridgehead atoms. The highest BCUT2D eigenvalue weighted by atomic mass is 16.7. The zero-order chi connectivity index (χ0) is 14.5. The number of anilines is 2. The van der Waals surface area contributed by atoms with E-state index in [2.05, 4.69) is 26.6 Å². The maximum Gasteiger partial charge on any atom is 0.231 e. The van der Waals surface area contributed by atoms with E-state index in [4.69, 9.17) is 9.47 Å². The summed E-state index contributed by atoms with van der Waals surface area (Å²) in [5.41, 5.74) is 3.06. The minimum atomic E-state index is 0.287. The molecular formula is C16H12N4O2. The number of pyridine rings is 1. The van der Waals surface area contributed by atoms with Gasteiger partial charge in [-0.15, -0.1) is 0 Å². The Morgan fingerprint density at radius 1 is 1.09 bits per heavy atom. The second-order valence-corrected chi connectivity index (χ2v) is 5.22. The standard InChI is InChI=1S/C16H12N4O2/c1-2-10(7-17-3-1)18-16-12-4-9-5-13-14(22-8-21-13)6-11(9)15(12)19-20-16/h1-7,18-20H,8H2. The Morgan fingerprint density at radius 2 is 2.00 bits per heavy atom. The van der Waals surface area contributed by atoms with Crippen LogP contribution < -0.4 is 14.8 Å². The number of aromatic amines is 2. The van der Waals surface area contributed by atoms with E-state index in [-0.39, 0.29) is 6.79 Å². The first-order valence-electron chi connectivity index (χ1n) is 6.98. The van der Waals surface area contributed by atoms with Gasteiger partial charge in [-0.1, -0.05) is 0 Å². The number of H-pyrrole nitrogens is 2. The Morgan fingerprint density at radius 3 is 2.86 bits per heavy atom. The predicted octanol–water partition coefficient (Wildman–Crippen LogP) is 3.47. The van der Waals surface area contributed by atoms with Crippen molar-refractivity contribution < 1.29 is 9.47 Å². The predicted molar refractivity (Wildman–Crippen MR) is 82.9 cm³/mol. The maximum absolute atomic E-state index is 5.46. The number of hydrogen-bond acceptors (Lipinski definition) is 4. The smallest absolute Gasteiger partial charge is 0.231 e. The first kappa shape index (κ1) is 11.5. The zero-order valence-corrected chi connectivity index (χ0v) is 11.5. The minimum absolute atomic E-state index is 0.287. The lowest BCUT2D eigenvalue weighted by Gasteiger charge is -2.03. The highest BCUT2D eigenvalue weighted by molar-refractivity contribution is 6.05. The molecule has 22 heavy (non-hydrogen) atoms. The number of aromatic nitrogens is 3. The summed E-state index contributed by atoms with van der Waals surface area (Å²) in [5, 5.41) is 11.9. The van der Waals surface area contributed by atoms with E-state index in [9.17, 15) is 0 Å². The summed E-state index contributed by atoms with van der Waals surface area (Å²) >= 11 is 0. The lowest BCUT2D eigenvalue weighted by molar-refractivity contribution is 0.174. The van der Waals surface area contributed by atoms with Gasteiger partial charge in [0.05, 0.1) is 17.6 Å². The first-order valence-corrected chi connectivity index (χ1v) is 6.98. The normalized spacial score (nSPS) is 13.1. The molecule has 0 radical (unpaired) electrons. The molecule has 3 N–H and O–H groups in total. The summed E-state index contributed by atoms with van der Waals surface area (Å²) in [4.78, 5) is 4.11. The van der Waals surface area contributed by atoms with Crippen molar-refractivity contribution in [3.8, 4) is 22.8 Å². The van der Waals surface area contributed by atoms with Gasteiger partial charge < -0.3 is 14.8 Å². The molecular weight excluding hydrogens is 280 g/mol. The topological polar surface area (TPSA) is 75.0 Å². The van der Waals surface area contributed by atoms with Gasteiger partial charge in [-0.3, -0.25) is 15.2 Å². The molecule has 1 aliphatic carbocycles. The summed E-state index contributed by atoms with van der Waals surface area (Å²) in [7, 11) is 0. The van der Waals surface area contributed by atoms with E-state index in [0.717, 1.165) is 45.0 Å². The molecule has 0 saturated carbocycles. The Hall–Kier alpha value is -3.15. The van der Waals surface area contributed by atoms with Crippen LogP contribution in [0.15, 0.2) is 42.7 Å². The maximum atomic E-state index is 5.46. The van der Waals surface area contributed by atoms with Gasteiger partial charge in [0.25, 0.3) is 0 Å². The van der Waals surface area contributed by atoms with Crippen molar-refractivity contribution in [2.24, 2.45) is 0 Å². The third-order valence-electron chi connectivity index (χ3n) is 3.90. The van der Waals surface area contributed by atoms with Crippen molar-refractivity contribution in [3.05, 3.63) is 42.7 Å². The molecule has 0 amide bonds. The van der Waals surface area contributed by atoms with E-state index in [1.165, 1.54) is 0 Å². The van der Waals surface area contributed by atoms with Gasteiger partial charge in [0, 0.05) is 17.1 Å². The number of ether oxygens (including phenoxy) is 2. The average Bonchev–Trinajstić information content (AvgIpc) is 3.22. The molecule has 1 aromatic carbocycles. The van der Waals surface area contributed by atoms with Crippen molar-refractivity contribution in [2.45, 2.75) is 0 Å². The Bertz CT molecular complexity index is 942. The van der Waals surface area contributed by atoms with E-state index < -0.39 is 0 Å². The number of fused-ring (bicyclic) bond motifs is 4. The Balaban J connectivity index is 1.63. The first-order chi connectivity index (χ1) is 10.9. The SMILES string of the molecule is c1cncc(Nc2[nH][nH]c3c4cc5c(cc4cc2-3)OCO5)c1. The molecule has 0 fully saturated rings. The summed E-state index contributed by atoms with van der Waals surface area (Å²) in [6.45, 7) is 0.287. The van der Waals surface area contributed by atoms with Gasteiger partial charge >= 0.3 is 0 Å². The largest absolute Gasteiger partial charge is 0.454 e. The number of nitrogens with one attached hydrogen (secondary N) is 3. The Labute approximate surface area is 125 Å². The van der Waals surface area contributed by atoms with Crippen LogP contribution in [0.2, 0.25) is 0 Å². The summed E-state index contributed by atoms with van der Waals surface area (Å²) < 4.78 is 10.9. The molecule has 0 unspecified atom stereocenters. The summed E-state index contributed by atoms with van der Waals surface area (Å²) in [5.74, 6) is 2.49. The molecule has 0 spiro atoms. The molecule has 0 atom stereocenters. The van der Waals surface area contributed by atoms with Crippen molar-refractivity contribution in [1.82, 2.24) is 15.2 Å². The van der Waals surface area contributed by atoms with Crippen molar-refractivity contribution in [2.75, 3.05) is 12.1 Å². The third-order valence-corrected chi connectivity index (χ3v) is 3.90. The molecule has 1 aromatic heterocycles. The minimum Gasteiger partial charge on any atom is -0.454 e. The Kier molecular flexibility index (Phi) is 2.18. The van der Waals surface area contributed by atoms with Gasteiger partial charge in [-0.2, -0.15) is 0 Å². The van der Waals surface area contributed by atoms with Gasteiger partial charge in [0.15, 0.2) is 11.5 Å². The lowest BCUT2D eigenvalue weighted by atomic mass is 10.2. The second-order valence-electron chi connectivity index (χ2n) is 5.22. The lowest BCUT2D eigenvalue weighted by Crippen LogP contribution is -1.92. The van der Waals surface area contributed by atoms with Gasteiger partial charge in [0.2, 0.25) is 6.79 Å². The number of rotatable bonds is 2. The molecule has 0 saturated heterocycles. The van der Waals surface area contributed by atoms with Crippen molar-refractivity contribution >= 4 is 22.3 Å². The summed E-state index contributed by atoms with van der Waals surface area (Å²) in [6, 6.07) is 10.0. The van der Waals surface area contributed by atoms with Crippen LogP contribution in [-0.4, -0.2) is 22.0 Å². The second kappa shape index (κ2) is 4.17. The van der Waals surface area contributed by atoms with Gasteiger partial charge in [0.1, 0.15) is 5.82 Å². The van der Waals surface area contributed by atoms with Crippen LogP contribution in [0.25, 0.3) is 22.0 Å². The van der Waals surface area contributed by atoms with E-state index >= 15 is 0 Å². The van der Waals surface area contributed by atoms with Crippen molar-refractivity contribution in [1.29, 1.82) is 0 Å². The highest BCUT2D eigenvalue weighted by Gasteiger charge is 2.21. The highest BCUT2D eigenvalue weighted by Crippen LogP contribution is 2.44. The third kappa shape index (κ3) is 1.57. The van der Waals surface area contributed by atoms with E-state index in [1.54, 1.807) is 12.4 Å². The quantitative estimate of drug-likeness (QED) is 0.529. The van der Waals surface area contributed by atoms with Crippen LogP contribution in [-0.2, 0) is 0 Å². The molecule has 2 aromatic rings. The fourth-order valence-electron chi connectivity index (χ4n) is 2.87. The van der Waals surface area contributed by atoms with Crippen molar-refractivity contribution in [3.63, 3.8) is 0 Å². The monoisotopic (exact) mass is 292 g/mol. The summed E-state index contributed by atoms with van der Waals surface area (Å²) in [6.07, 6.45) is 3.53. The van der Waals surface area contributed by atoms with Crippen LogP contribution in [0.4, 0.5) is 11.5 Å². The van der Waals surface area contributed by atoms with Crippen LogP contribution >= 0.6 is 0 Å². The average molecular weight is 292 g/mol. The molecule has 5 rings (SSSR count). The molecule has 2 aliphatic heterocycles. The number of hydrogen-bond donors (Lipinski definition) is 3. The molecule has 6 nitrogen and oxygen atoms in total.